The van der Waals surface area contributed by atoms with Gasteiger partial charge in [0, 0.05) is 18.3 Å². The van der Waals surface area contributed by atoms with E-state index in [-0.39, 0.29) is 11.9 Å². The minimum Gasteiger partial charge on any atom is -0.343 e. The van der Waals surface area contributed by atoms with E-state index in [0.29, 0.717) is 12.0 Å². The van der Waals surface area contributed by atoms with Crippen LogP contribution in [-0.2, 0) is 26.3 Å². The lowest BCUT2D eigenvalue weighted by Crippen LogP contribution is -2.27. The number of carbonyl (C=O) groups is 1. The van der Waals surface area contributed by atoms with Crippen molar-refractivity contribution in [1.82, 2.24) is 20.1 Å². The number of thiazole rings is 1. The van der Waals surface area contributed by atoms with Gasteiger partial charge in [-0.15, -0.1) is 11.3 Å². The number of aromatic nitrogens is 3. The Kier molecular flexibility index (Phi) is 5.07. The Balaban J connectivity index is 1.50. The molecule has 0 saturated carbocycles. The Labute approximate surface area is 163 Å². The fraction of sp³-hybridized carbons (Fsp3) is 0.381. The zero-order chi connectivity index (χ0) is 18.8. The van der Waals surface area contributed by atoms with Crippen LogP contribution in [0, 0.1) is 0 Å². The number of benzene rings is 1. The Morgan fingerprint density at radius 1 is 1.26 bits per heavy atom. The maximum atomic E-state index is 12.9. The predicted molar refractivity (Wildman–Crippen MR) is 107 cm³/mol. The van der Waals surface area contributed by atoms with Crippen molar-refractivity contribution in [2.75, 3.05) is 0 Å². The molecule has 140 valence electrons. The highest BCUT2D eigenvalue weighted by atomic mass is 32.1. The summed E-state index contributed by atoms with van der Waals surface area (Å²) in [5, 5.41) is 8.43. The maximum absolute atomic E-state index is 12.9. The zero-order valence-electron chi connectivity index (χ0n) is 15.7. The van der Waals surface area contributed by atoms with E-state index >= 15 is 0 Å². The molecule has 0 spiro atoms. The number of hydrogen-bond donors (Lipinski definition) is 1. The first-order valence-corrected chi connectivity index (χ1v) is 10.3. The molecule has 0 saturated heterocycles. The van der Waals surface area contributed by atoms with Gasteiger partial charge in [0.15, 0.2) is 0 Å². The molecule has 0 radical (unpaired) electrons. The van der Waals surface area contributed by atoms with Crippen LogP contribution >= 0.6 is 11.3 Å². The molecule has 2 aromatic heterocycles. The Morgan fingerprint density at radius 2 is 2.04 bits per heavy atom. The van der Waals surface area contributed by atoms with Crippen LogP contribution in [0.5, 0.6) is 0 Å². The first-order valence-electron chi connectivity index (χ1n) is 9.46. The van der Waals surface area contributed by atoms with E-state index in [9.17, 15) is 4.79 Å². The highest BCUT2D eigenvalue weighted by molar-refractivity contribution is 7.11. The van der Waals surface area contributed by atoms with Gasteiger partial charge in [-0.25, -0.2) is 4.98 Å². The molecule has 5 nitrogen and oxygen atoms in total. The Hall–Kier alpha value is -2.47. The number of fused-ring (bicyclic) bond motifs is 1. The zero-order valence-corrected chi connectivity index (χ0v) is 16.6. The average Bonchev–Trinajstić information content (AvgIpc) is 3.27. The summed E-state index contributed by atoms with van der Waals surface area (Å²) in [6.07, 6.45) is 6.99. The number of rotatable bonds is 5. The first-order chi connectivity index (χ1) is 13.1. The molecule has 2 heterocycles. The molecule has 1 N–H and O–H groups in total. The summed E-state index contributed by atoms with van der Waals surface area (Å²) >= 11 is 1.75. The SMILES string of the molecule is CC(NC(=O)c1cnn(C)c1Cc1ccccc1)c1nc2c(s1)CCCC2. The second kappa shape index (κ2) is 7.64. The number of aryl methyl sites for hydroxylation is 3. The molecule has 1 unspecified atom stereocenters. The molecule has 1 aliphatic carbocycles. The Bertz CT molecular complexity index is 921. The molecule has 27 heavy (non-hydrogen) atoms. The van der Waals surface area contributed by atoms with Gasteiger partial charge in [0.2, 0.25) is 0 Å². The molecule has 4 rings (SSSR count). The van der Waals surface area contributed by atoms with E-state index in [0.717, 1.165) is 29.1 Å². The van der Waals surface area contributed by atoms with E-state index in [1.165, 1.54) is 23.4 Å². The fourth-order valence-electron chi connectivity index (χ4n) is 3.54. The van der Waals surface area contributed by atoms with Gasteiger partial charge in [-0.1, -0.05) is 30.3 Å². The second-order valence-corrected chi connectivity index (χ2v) is 8.23. The van der Waals surface area contributed by atoms with Crippen LogP contribution in [0.25, 0.3) is 0 Å². The highest BCUT2D eigenvalue weighted by Gasteiger charge is 2.22. The summed E-state index contributed by atoms with van der Waals surface area (Å²) in [5.41, 5.74) is 3.95. The molecular weight excluding hydrogens is 356 g/mol. The van der Waals surface area contributed by atoms with Gasteiger partial charge in [-0.3, -0.25) is 9.48 Å². The fourth-order valence-corrected chi connectivity index (χ4v) is 4.70. The van der Waals surface area contributed by atoms with Crippen molar-refractivity contribution in [2.45, 2.75) is 45.1 Å². The van der Waals surface area contributed by atoms with Gasteiger partial charge in [-0.2, -0.15) is 5.10 Å². The molecule has 3 aromatic rings. The molecule has 0 bridgehead atoms. The molecular formula is C21H24N4OS. The average molecular weight is 381 g/mol. The number of amides is 1. The van der Waals surface area contributed by atoms with Gasteiger partial charge in [0.1, 0.15) is 5.01 Å². The Morgan fingerprint density at radius 3 is 2.81 bits per heavy atom. The molecule has 1 atom stereocenters. The quantitative estimate of drug-likeness (QED) is 0.732. The van der Waals surface area contributed by atoms with Crippen molar-refractivity contribution >= 4 is 17.2 Å². The van der Waals surface area contributed by atoms with Gasteiger partial charge in [0.05, 0.1) is 29.2 Å². The molecule has 0 aliphatic heterocycles. The third kappa shape index (κ3) is 3.81. The summed E-state index contributed by atoms with van der Waals surface area (Å²) in [5.74, 6) is -0.0882. The lowest BCUT2D eigenvalue weighted by Gasteiger charge is -2.12. The van der Waals surface area contributed by atoms with Crippen LogP contribution in [0.15, 0.2) is 36.5 Å². The summed E-state index contributed by atoms with van der Waals surface area (Å²) in [6, 6.07) is 10.1. The normalized spacial score (nSPS) is 14.6. The minimum atomic E-state index is -0.0992. The van der Waals surface area contributed by atoms with E-state index in [2.05, 4.69) is 22.5 Å². The summed E-state index contributed by atoms with van der Waals surface area (Å²) in [6.45, 7) is 2.01. The monoisotopic (exact) mass is 380 g/mol. The third-order valence-corrected chi connectivity index (χ3v) is 6.44. The second-order valence-electron chi connectivity index (χ2n) is 7.12. The first kappa shape index (κ1) is 17.9. The van der Waals surface area contributed by atoms with Crippen molar-refractivity contribution in [3.8, 4) is 0 Å². The topological polar surface area (TPSA) is 59.8 Å². The lowest BCUT2D eigenvalue weighted by molar-refractivity contribution is 0.0939. The lowest BCUT2D eigenvalue weighted by atomic mass is 10.0. The van der Waals surface area contributed by atoms with Crippen LogP contribution in [0.2, 0.25) is 0 Å². The van der Waals surface area contributed by atoms with E-state index < -0.39 is 0 Å². The number of nitrogens with one attached hydrogen (secondary N) is 1. The van der Waals surface area contributed by atoms with E-state index in [1.807, 2.05) is 32.2 Å². The summed E-state index contributed by atoms with van der Waals surface area (Å²) in [7, 11) is 1.88. The molecule has 1 aromatic carbocycles. The molecule has 6 heteroatoms. The summed E-state index contributed by atoms with van der Waals surface area (Å²) < 4.78 is 1.79. The van der Waals surface area contributed by atoms with Crippen LogP contribution in [0.1, 0.15) is 63.0 Å². The van der Waals surface area contributed by atoms with Crippen molar-refractivity contribution in [2.24, 2.45) is 7.05 Å². The van der Waals surface area contributed by atoms with Crippen LogP contribution < -0.4 is 5.32 Å². The van der Waals surface area contributed by atoms with Crippen molar-refractivity contribution < 1.29 is 4.79 Å². The number of nitrogens with zero attached hydrogens (tertiary/aromatic N) is 3. The van der Waals surface area contributed by atoms with Gasteiger partial charge < -0.3 is 5.32 Å². The summed E-state index contributed by atoms with van der Waals surface area (Å²) in [4.78, 5) is 19.1. The minimum absolute atomic E-state index is 0.0882. The van der Waals surface area contributed by atoms with Crippen molar-refractivity contribution in [3.63, 3.8) is 0 Å². The molecule has 0 fully saturated rings. The maximum Gasteiger partial charge on any atom is 0.255 e. The van der Waals surface area contributed by atoms with Crippen LogP contribution in [0.3, 0.4) is 0 Å². The van der Waals surface area contributed by atoms with Gasteiger partial charge in [0.25, 0.3) is 5.91 Å². The standard InChI is InChI=1S/C21H24N4OS/c1-14(21-24-17-10-6-7-11-19(17)27-21)23-20(26)16-13-22-25(2)18(16)12-15-8-4-3-5-9-15/h3-5,8-9,13-14H,6-7,10-12H2,1-2H3,(H,23,26). The smallest absolute Gasteiger partial charge is 0.255 e. The number of hydrogen-bond acceptors (Lipinski definition) is 4. The largest absolute Gasteiger partial charge is 0.343 e. The third-order valence-electron chi connectivity index (χ3n) is 5.10. The van der Waals surface area contributed by atoms with Crippen LogP contribution in [-0.4, -0.2) is 20.7 Å². The van der Waals surface area contributed by atoms with Crippen molar-refractivity contribution in [3.05, 3.63) is 68.9 Å². The van der Waals surface area contributed by atoms with Crippen molar-refractivity contribution in [1.29, 1.82) is 0 Å². The highest BCUT2D eigenvalue weighted by Crippen LogP contribution is 2.30. The van der Waals surface area contributed by atoms with E-state index in [4.69, 9.17) is 4.98 Å². The van der Waals surface area contributed by atoms with Crippen LogP contribution in [0.4, 0.5) is 0 Å². The predicted octanol–water partition coefficient (Wildman–Crippen LogP) is 3.84. The molecule has 1 amide bonds. The van der Waals surface area contributed by atoms with Gasteiger partial charge >= 0.3 is 0 Å². The molecule has 1 aliphatic rings. The van der Waals surface area contributed by atoms with E-state index in [1.54, 1.807) is 22.2 Å². The van der Waals surface area contributed by atoms with Gasteiger partial charge in [-0.05, 0) is 38.2 Å². The number of carbonyl (C=O) groups excluding carboxylic acids is 1.